The first kappa shape index (κ1) is 25.6. The maximum Gasteiger partial charge on any atom is 0.0655 e. The van der Waals surface area contributed by atoms with E-state index in [2.05, 4.69) is 68.4 Å². The van der Waals surface area contributed by atoms with Crippen LogP contribution in [0.25, 0.3) is 11.1 Å². The van der Waals surface area contributed by atoms with Gasteiger partial charge in [0.1, 0.15) is 0 Å². The van der Waals surface area contributed by atoms with Crippen LogP contribution in [0.1, 0.15) is 115 Å². The Hall–Kier alpha value is -2.07. The van der Waals surface area contributed by atoms with Gasteiger partial charge < -0.3 is 0 Å². The van der Waals surface area contributed by atoms with E-state index in [1.54, 1.807) is 0 Å². The number of hydrogen-bond acceptors (Lipinski definition) is 1. The monoisotopic (exact) mass is 443 g/mol. The lowest BCUT2D eigenvalue weighted by molar-refractivity contribution is 0.238. The van der Waals surface area contributed by atoms with Gasteiger partial charge in [-0.1, -0.05) is 114 Å². The fourth-order valence-electron chi connectivity index (χ4n) is 5.69. The third-order valence-corrected chi connectivity index (χ3v) is 7.99. The van der Waals surface area contributed by atoms with Gasteiger partial charge in [0, 0.05) is 5.92 Å². The van der Waals surface area contributed by atoms with Crippen molar-refractivity contribution in [3.63, 3.8) is 0 Å². The Morgan fingerprint density at radius 3 is 1.85 bits per heavy atom. The molecule has 0 heterocycles. The summed E-state index contributed by atoms with van der Waals surface area (Å²) in [6.07, 6.45) is 18.9. The second-order valence-corrected chi connectivity index (χ2v) is 10.4. The summed E-state index contributed by atoms with van der Waals surface area (Å²) in [5, 5.41) is 9.39. The van der Waals surface area contributed by atoms with Crippen LogP contribution in [0.5, 0.6) is 0 Å². The van der Waals surface area contributed by atoms with Crippen molar-refractivity contribution in [2.75, 3.05) is 0 Å². The maximum atomic E-state index is 9.39. The van der Waals surface area contributed by atoms with Crippen molar-refractivity contribution >= 4 is 0 Å². The molecule has 0 radical (unpaired) electrons. The second-order valence-electron chi connectivity index (χ2n) is 10.4. The predicted molar refractivity (Wildman–Crippen MR) is 142 cm³/mol. The average Bonchev–Trinajstić information content (AvgIpc) is 2.87. The van der Waals surface area contributed by atoms with E-state index in [9.17, 15) is 5.26 Å². The minimum atomic E-state index is 0.262. The molecule has 1 aliphatic carbocycles. The van der Waals surface area contributed by atoms with E-state index < -0.39 is 0 Å². The van der Waals surface area contributed by atoms with Crippen LogP contribution in [0.15, 0.2) is 48.5 Å². The molecule has 0 saturated heterocycles. The highest BCUT2D eigenvalue weighted by Crippen LogP contribution is 2.45. The molecule has 1 fully saturated rings. The molecule has 178 valence electrons. The third kappa shape index (κ3) is 7.46. The molecule has 33 heavy (non-hydrogen) atoms. The van der Waals surface area contributed by atoms with Crippen LogP contribution in [0, 0.1) is 17.2 Å². The van der Waals surface area contributed by atoms with E-state index in [-0.39, 0.29) is 11.3 Å². The molecule has 1 saturated carbocycles. The molecular formula is C32H45N. The minimum Gasteiger partial charge on any atom is -0.198 e. The second kappa shape index (κ2) is 13.6. The zero-order valence-corrected chi connectivity index (χ0v) is 21.2. The molecule has 0 bridgehead atoms. The Labute approximate surface area is 203 Å². The molecule has 2 aromatic rings. The lowest BCUT2D eigenvalue weighted by Crippen LogP contribution is -2.31. The van der Waals surface area contributed by atoms with Gasteiger partial charge in [-0.3, -0.25) is 0 Å². The maximum absolute atomic E-state index is 9.39. The Kier molecular flexibility index (Phi) is 10.5. The fourth-order valence-corrected chi connectivity index (χ4v) is 5.69. The highest BCUT2D eigenvalue weighted by molar-refractivity contribution is 5.64. The van der Waals surface area contributed by atoms with Crippen molar-refractivity contribution < 1.29 is 0 Å². The van der Waals surface area contributed by atoms with Crippen LogP contribution < -0.4 is 0 Å². The lowest BCUT2D eigenvalue weighted by Gasteiger charge is -2.40. The zero-order valence-electron chi connectivity index (χ0n) is 21.2. The van der Waals surface area contributed by atoms with Crippen LogP contribution >= 0.6 is 0 Å². The predicted octanol–water partition coefficient (Wildman–Crippen LogP) is 9.79. The van der Waals surface area contributed by atoms with Gasteiger partial charge in [-0.25, -0.2) is 0 Å². The van der Waals surface area contributed by atoms with E-state index in [1.807, 2.05) is 0 Å². The van der Waals surface area contributed by atoms with Crippen LogP contribution in [0.4, 0.5) is 0 Å². The Bertz CT molecular complexity index is 832. The minimum absolute atomic E-state index is 0.262. The summed E-state index contributed by atoms with van der Waals surface area (Å²) in [7, 11) is 0. The molecule has 0 aliphatic heterocycles. The van der Waals surface area contributed by atoms with Gasteiger partial charge in [0.25, 0.3) is 0 Å². The Morgan fingerprint density at radius 2 is 1.27 bits per heavy atom. The van der Waals surface area contributed by atoms with Crippen molar-refractivity contribution in [2.45, 2.75) is 116 Å². The van der Waals surface area contributed by atoms with Crippen LogP contribution in [-0.4, -0.2) is 0 Å². The molecule has 1 aliphatic rings. The van der Waals surface area contributed by atoms with Crippen molar-refractivity contribution in [3.05, 3.63) is 59.7 Å². The molecule has 0 N–H and O–H groups in total. The van der Waals surface area contributed by atoms with Gasteiger partial charge in [-0.2, -0.15) is 5.26 Å². The first-order valence-corrected chi connectivity index (χ1v) is 13.8. The highest BCUT2D eigenvalue weighted by atomic mass is 14.4. The number of benzene rings is 2. The summed E-state index contributed by atoms with van der Waals surface area (Å²) in [5.41, 5.74) is 5.89. The van der Waals surface area contributed by atoms with Crippen LogP contribution in [-0.2, 0) is 11.8 Å². The van der Waals surface area contributed by atoms with Crippen LogP contribution in [0.3, 0.4) is 0 Å². The molecule has 2 aromatic carbocycles. The Morgan fingerprint density at radius 1 is 0.727 bits per heavy atom. The summed E-state index contributed by atoms with van der Waals surface area (Å²) >= 11 is 0. The summed E-state index contributed by atoms with van der Waals surface area (Å²) < 4.78 is 0. The lowest BCUT2D eigenvalue weighted by atomic mass is 9.64. The quantitative estimate of drug-likeness (QED) is 0.283. The normalized spacial score (nSPS) is 20.5. The molecular weight excluding hydrogens is 398 g/mol. The van der Waals surface area contributed by atoms with Crippen molar-refractivity contribution in [2.24, 2.45) is 5.92 Å². The topological polar surface area (TPSA) is 23.8 Å². The van der Waals surface area contributed by atoms with Crippen molar-refractivity contribution in [1.29, 1.82) is 5.26 Å². The Balaban J connectivity index is 1.64. The van der Waals surface area contributed by atoms with Crippen molar-refractivity contribution in [3.8, 4) is 17.2 Å². The number of nitrogens with zero attached hydrogens (tertiary/aromatic N) is 1. The first-order chi connectivity index (χ1) is 16.2. The van der Waals surface area contributed by atoms with E-state index in [0.717, 1.165) is 12.8 Å². The molecule has 3 rings (SSSR count). The number of nitriles is 1. The smallest absolute Gasteiger partial charge is 0.0655 e. The number of unbranched alkanes of at least 4 members (excludes halogenated alkanes) is 7. The molecule has 0 spiro atoms. The molecule has 0 amide bonds. The average molecular weight is 444 g/mol. The molecule has 0 unspecified atom stereocenters. The van der Waals surface area contributed by atoms with Crippen LogP contribution in [0.2, 0.25) is 0 Å². The van der Waals surface area contributed by atoms with E-state index >= 15 is 0 Å². The molecule has 1 heteroatoms. The largest absolute Gasteiger partial charge is 0.198 e. The van der Waals surface area contributed by atoms with Crippen molar-refractivity contribution in [1.82, 2.24) is 0 Å². The summed E-state index contributed by atoms with van der Waals surface area (Å²) in [6, 6.07) is 21.2. The van der Waals surface area contributed by atoms with Gasteiger partial charge in [0.15, 0.2) is 0 Å². The summed E-state index contributed by atoms with van der Waals surface area (Å²) in [4.78, 5) is 0. The summed E-state index contributed by atoms with van der Waals surface area (Å²) in [6.45, 7) is 4.56. The van der Waals surface area contributed by atoms with Gasteiger partial charge >= 0.3 is 0 Å². The third-order valence-electron chi connectivity index (χ3n) is 7.99. The molecule has 1 nitrogen and oxygen atoms in total. The van der Waals surface area contributed by atoms with Gasteiger partial charge in [0.2, 0.25) is 0 Å². The fraction of sp³-hybridized carbons (Fsp3) is 0.594. The van der Waals surface area contributed by atoms with E-state index in [1.165, 1.54) is 106 Å². The van der Waals surface area contributed by atoms with Gasteiger partial charge in [-0.05, 0) is 72.6 Å². The molecule has 0 atom stereocenters. The SMILES string of the molecule is CCCCCCCc1ccc(-c2ccc(C3(CCCCCC)CCC(C#N)CC3)cc2)cc1. The standard InChI is InChI=1S/C32H45N/c1-3-5-7-9-10-12-27-13-15-29(16-14-27)30-17-19-31(20-18-30)32(23-11-8-6-4-2)24-21-28(26-33)22-25-32/h13-20,28H,3-12,21-25H2,1-2H3. The van der Waals surface area contributed by atoms with Gasteiger partial charge in [0.05, 0.1) is 6.07 Å². The van der Waals surface area contributed by atoms with E-state index in [0.29, 0.717) is 0 Å². The zero-order chi connectivity index (χ0) is 23.4. The summed E-state index contributed by atoms with van der Waals surface area (Å²) in [5.74, 6) is 0.262. The number of hydrogen-bond donors (Lipinski definition) is 0. The number of rotatable bonds is 13. The molecule has 0 aromatic heterocycles. The van der Waals surface area contributed by atoms with Gasteiger partial charge in [-0.15, -0.1) is 0 Å². The first-order valence-electron chi connectivity index (χ1n) is 13.8. The number of aryl methyl sites for hydroxylation is 1. The van der Waals surface area contributed by atoms with E-state index in [4.69, 9.17) is 0 Å². The highest BCUT2D eigenvalue weighted by Gasteiger charge is 2.36.